The van der Waals surface area contributed by atoms with E-state index in [2.05, 4.69) is 114 Å². The summed E-state index contributed by atoms with van der Waals surface area (Å²) in [5.41, 5.74) is 14.2. The molecule has 2 aromatic heterocycles. The van der Waals surface area contributed by atoms with Crippen molar-refractivity contribution in [2.45, 2.75) is 6.42 Å². The van der Waals surface area contributed by atoms with Crippen LogP contribution in [0.15, 0.2) is 170 Å². The Hall–Kier alpha value is -6.65. The molecule has 9 aromatic rings. The highest BCUT2D eigenvalue weighted by molar-refractivity contribution is 6.15. The van der Waals surface area contributed by atoms with Gasteiger partial charge >= 0.3 is 0 Å². The Labute approximate surface area is 290 Å². The van der Waals surface area contributed by atoms with Gasteiger partial charge in [-0.2, -0.15) is 0 Å². The number of aromatic nitrogens is 4. The molecule has 1 aliphatic rings. The molecule has 0 aliphatic heterocycles. The van der Waals surface area contributed by atoms with Gasteiger partial charge in [-0.3, -0.25) is 0 Å². The lowest BCUT2D eigenvalue weighted by Crippen LogP contribution is -2.00. The maximum Gasteiger partial charge on any atom is 0.164 e. The van der Waals surface area contributed by atoms with Gasteiger partial charge in [-0.25, -0.2) is 15.0 Å². The van der Waals surface area contributed by atoms with Crippen molar-refractivity contribution in [2.24, 2.45) is 0 Å². The van der Waals surface area contributed by atoms with Crippen LogP contribution in [0.5, 0.6) is 0 Å². The largest absolute Gasteiger partial charge is 0.309 e. The fourth-order valence-electron chi connectivity index (χ4n) is 7.57. The predicted octanol–water partition coefficient (Wildman–Crippen LogP) is 11.2. The van der Waals surface area contributed by atoms with Crippen LogP contribution >= 0.6 is 0 Å². The Morgan fingerprint density at radius 1 is 0.380 bits per heavy atom. The third-order valence-electron chi connectivity index (χ3n) is 9.86. The molecule has 0 bridgehead atoms. The van der Waals surface area contributed by atoms with Gasteiger partial charge in [-0.15, -0.1) is 0 Å². The fraction of sp³-hybridized carbons (Fsp3) is 0.0217. The van der Waals surface area contributed by atoms with Crippen LogP contribution in [0.1, 0.15) is 11.1 Å². The number of hydrogen-bond acceptors (Lipinski definition) is 3. The van der Waals surface area contributed by atoms with Crippen molar-refractivity contribution in [2.75, 3.05) is 0 Å². The molecule has 7 aromatic carbocycles. The fourth-order valence-corrected chi connectivity index (χ4v) is 7.57. The normalized spacial score (nSPS) is 11.9. The van der Waals surface area contributed by atoms with E-state index in [0.717, 1.165) is 23.1 Å². The topological polar surface area (TPSA) is 43.6 Å². The van der Waals surface area contributed by atoms with Crippen LogP contribution in [-0.4, -0.2) is 19.5 Å². The van der Waals surface area contributed by atoms with Gasteiger partial charge in [0.05, 0.1) is 11.0 Å². The number of benzene rings is 7. The maximum atomic E-state index is 4.98. The van der Waals surface area contributed by atoms with Gasteiger partial charge in [0.1, 0.15) is 0 Å². The van der Waals surface area contributed by atoms with E-state index in [0.29, 0.717) is 17.5 Å². The number of nitrogens with zero attached hydrogens (tertiary/aromatic N) is 4. The zero-order valence-electron chi connectivity index (χ0n) is 27.2. The quantitative estimate of drug-likeness (QED) is 0.188. The lowest BCUT2D eigenvalue weighted by Gasteiger charge is -2.11. The molecule has 0 unspecified atom stereocenters. The number of fused-ring (bicyclic) bond motifs is 6. The second kappa shape index (κ2) is 11.5. The number of para-hydroxylation sites is 1. The van der Waals surface area contributed by atoms with Crippen molar-refractivity contribution in [3.05, 3.63) is 181 Å². The first-order valence-corrected chi connectivity index (χ1v) is 17.0. The molecule has 4 nitrogen and oxygen atoms in total. The Bertz CT molecular complexity index is 2660. The first-order valence-electron chi connectivity index (χ1n) is 17.0. The smallest absolute Gasteiger partial charge is 0.164 e. The van der Waals surface area contributed by atoms with Crippen molar-refractivity contribution in [1.29, 1.82) is 0 Å². The van der Waals surface area contributed by atoms with Gasteiger partial charge in [0.25, 0.3) is 0 Å². The van der Waals surface area contributed by atoms with E-state index in [1.807, 2.05) is 60.7 Å². The SMILES string of the molecule is c1ccc(-c2nc(-c3ccccc3)nc(-c3ccc4c(c3)Cc3cc(-n5c6ccccc6c6c(-c7ccccc7)cccc65)ccc3-4)n2)cc1. The van der Waals surface area contributed by atoms with Crippen LogP contribution in [0.3, 0.4) is 0 Å². The van der Waals surface area contributed by atoms with Gasteiger partial charge in [-0.05, 0) is 70.1 Å². The van der Waals surface area contributed by atoms with Crippen LogP contribution in [0.2, 0.25) is 0 Å². The molecule has 0 N–H and O–H groups in total. The van der Waals surface area contributed by atoms with Crippen LogP contribution in [0, 0.1) is 0 Å². The zero-order chi connectivity index (χ0) is 33.0. The summed E-state index contributed by atoms with van der Waals surface area (Å²) in [6.45, 7) is 0. The second-order valence-corrected chi connectivity index (χ2v) is 12.8. The molecule has 10 rings (SSSR count). The van der Waals surface area contributed by atoms with Crippen molar-refractivity contribution in [1.82, 2.24) is 19.5 Å². The average Bonchev–Trinajstić information content (AvgIpc) is 3.73. The van der Waals surface area contributed by atoms with Crippen LogP contribution in [0.4, 0.5) is 0 Å². The minimum absolute atomic E-state index is 0.671. The highest BCUT2D eigenvalue weighted by Gasteiger charge is 2.23. The minimum atomic E-state index is 0.671. The standard InChI is InChI=1S/C46H30N4/c1-4-13-30(14-5-1)39-20-12-22-42-43(39)40-19-10-11-21-41(40)50(42)36-24-26-38-35(29-36)28-34-27-33(23-25-37(34)38)46-48-44(31-15-6-2-7-16-31)47-45(49-46)32-17-8-3-9-18-32/h1-27,29H,28H2. The summed E-state index contributed by atoms with van der Waals surface area (Å²) in [5, 5.41) is 2.54. The molecule has 2 heterocycles. The Morgan fingerprint density at radius 2 is 0.920 bits per heavy atom. The highest BCUT2D eigenvalue weighted by atomic mass is 15.0. The molecule has 1 aliphatic carbocycles. The Balaban J connectivity index is 1.06. The molecule has 0 atom stereocenters. The van der Waals surface area contributed by atoms with E-state index >= 15 is 0 Å². The van der Waals surface area contributed by atoms with Gasteiger partial charge < -0.3 is 4.57 Å². The predicted molar refractivity (Wildman–Crippen MR) is 204 cm³/mol. The van der Waals surface area contributed by atoms with Crippen LogP contribution in [0.25, 0.3) is 83.9 Å². The average molecular weight is 639 g/mol. The number of rotatable bonds is 5. The molecule has 0 fully saturated rings. The van der Waals surface area contributed by atoms with Gasteiger partial charge in [0.2, 0.25) is 0 Å². The molecule has 234 valence electrons. The van der Waals surface area contributed by atoms with Crippen molar-refractivity contribution in [3.8, 4) is 62.1 Å². The first-order chi connectivity index (χ1) is 24.8. The lowest BCUT2D eigenvalue weighted by molar-refractivity contribution is 1.07. The molecule has 0 amide bonds. The summed E-state index contributed by atoms with van der Waals surface area (Å²) >= 11 is 0. The summed E-state index contributed by atoms with van der Waals surface area (Å²) in [5.74, 6) is 2.02. The van der Waals surface area contributed by atoms with Gasteiger partial charge in [-0.1, -0.05) is 140 Å². The monoisotopic (exact) mass is 638 g/mol. The molecule has 50 heavy (non-hydrogen) atoms. The van der Waals surface area contributed by atoms with E-state index in [9.17, 15) is 0 Å². The highest BCUT2D eigenvalue weighted by Crippen LogP contribution is 2.42. The van der Waals surface area contributed by atoms with E-state index in [1.54, 1.807) is 0 Å². The van der Waals surface area contributed by atoms with E-state index in [-0.39, 0.29) is 0 Å². The first kappa shape index (κ1) is 28.4. The minimum Gasteiger partial charge on any atom is -0.309 e. The van der Waals surface area contributed by atoms with Crippen molar-refractivity contribution < 1.29 is 0 Å². The second-order valence-electron chi connectivity index (χ2n) is 12.8. The molecular formula is C46H30N4. The summed E-state index contributed by atoms with van der Waals surface area (Å²) in [4.78, 5) is 14.8. The summed E-state index contributed by atoms with van der Waals surface area (Å²) < 4.78 is 2.42. The summed E-state index contributed by atoms with van der Waals surface area (Å²) in [7, 11) is 0. The van der Waals surface area contributed by atoms with E-state index in [4.69, 9.17) is 15.0 Å². The molecule has 0 radical (unpaired) electrons. The van der Waals surface area contributed by atoms with E-state index in [1.165, 1.54) is 60.9 Å². The summed E-state index contributed by atoms with van der Waals surface area (Å²) in [6, 6.07) is 60.0. The maximum absolute atomic E-state index is 4.98. The van der Waals surface area contributed by atoms with Crippen molar-refractivity contribution in [3.63, 3.8) is 0 Å². The zero-order valence-corrected chi connectivity index (χ0v) is 27.2. The third kappa shape index (κ3) is 4.65. The third-order valence-corrected chi connectivity index (χ3v) is 9.86. The van der Waals surface area contributed by atoms with Crippen LogP contribution in [-0.2, 0) is 6.42 Å². The Morgan fingerprint density at radius 3 is 1.60 bits per heavy atom. The molecule has 0 spiro atoms. The van der Waals surface area contributed by atoms with Gasteiger partial charge in [0, 0.05) is 33.2 Å². The molecule has 4 heteroatoms. The molecule has 0 saturated carbocycles. The number of hydrogen-bond donors (Lipinski definition) is 0. The van der Waals surface area contributed by atoms with Crippen LogP contribution < -0.4 is 0 Å². The molecule has 0 saturated heterocycles. The summed E-state index contributed by atoms with van der Waals surface area (Å²) in [6.07, 6.45) is 0.848. The lowest BCUT2D eigenvalue weighted by atomic mass is 9.99. The van der Waals surface area contributed by atoms with Crippen molar-refractivity contribution >= 4 is 21.8 Å². The van der Waals surface area contributed by atoms with E-state index < -0.39 is 0 Å². The van der Waals surface area contributed by atoms with Gasteiger partial charge in [0.15, 0.2) is 17.5 Å². The Kier molecular flexibility index (Phi) is 6.53. The molecular weight excluding hydrogens is 609 g/mol.